The van der Waals surface area contributed by atoms with E-state index < -0.39 is 5.60 Å². The maximum Gasteiger partial charge on any atom is 0.410 e. The molecule has 2 rings (SSSR count). The summed E-state index contributed by atoms with van der Waals surface area (Å²) in [7, 11) is 0. The van der Waals surface area contributed by atoms with Crippen LogP contribution >= 0.6 is 0 Å². The highest BCUT2D eigenvalue weighted by atomic mass is 16.6. The van der Waals surface area contributed by atoms with Crippen LogP contribution < -0.4 is 4.74 Å². The van der Waals surface area contributed by atoms with Crippen LogP contribution in [0.2, 0.25) is 0 Å². The predicted molar refractivity (Wildman–Crippen MR) is 75.8 cm³/mol. The van der Waals surface area contributed by atoms with Crippen LogP contribution in [0.3, 0.4) is 0 Å². The summed E-state index contributed by atoms with van der Waals surface area (Å²) in [6.07, 6.45) is 2.22. The van der Waals surface area contributed by atoms with Gasteiger partial charge in [-0.2, -0.15) is 0 Å². The van der Waals surface area contributed by atoms with Crippen LogP contribution in [0.25, 0.3) is 0 Å². The lowest BCUT2D eigenvalue weighted by Gasteiger charge is -2.24. The third-order valence-electron chi connectivity index (χ3n) is 3.04. The first-order valence-electron chi connectivity index (χ1n) is 6.91. The monoisotopic (exact) mass is 278 g/mol. The number of carbonyl (C=O) groups is 1. The largest absolute Gasteiger partial charge is 0.472 e. The van der Waals surface area contributed by atoms with Crippen LogP contribution in [0.5, 0.6) is 5.88 Å². The lowest BCUT2D eigenvalue weighted by molar-refractivity contribution is 0.0275. The number of aryl methyl sites for hydroxylation is 1. The van der Waals surface area contributed by atoms with Crippen molar-refractivity contribution in [1.29, 1.82) is 0 Å². The Hall–Kier alpha value is -1.78. The fraction of sp³-hybridized carbons (Fsp3) is 0.600. The second-order valence-corrected chi connectivity index (χ2v) is 6.08. The molecule has 1 atom stereocenters. The minimum Gasteiger partial charge on any atom is -0.472 e. The minimum atomic E-state index is -0.465. The maximum absolute atomic E-state index is 12.0. The molecule has 110 valence electrons. The highest BCUT2D eigenvalue weighted by Crippen LogP contribution is 2.21. The fourth-order valence-corrected chi connectivity index (χ4v) is 2.07. The van der Waals surface area contributed by atoms with Gasteiger partial charge in [-0.05, 0) is 33.8 Å². The molecule has 1 aliphatic heterocycles. The number of rotatable bonds is 2. The van der Waals surface area contributed by atoms with Gasteiger partial charge in [0.1, 0.15) is 11.7 Å². The summed E-state index contributed by atoms with van der Waals surface area (Å²) < 4.78 is 11.2. The Labute approximate surface area is 119 Å². The molecule has 0 bridgehead atoms. The molecule has 1 fully saturated rings. The first kappa shape index (κ1) is 14.6. The van der Waals surface area contributed by atoms with E-state index in [1.165, 1.54) is 0 Å². The number of amides is 1. The van der Waals surface area contributed by atoms with Crippen molar-refractivity contribution in [3.8, 4) is 5.88 Å². The molecule has 0 radical (unpaired) electrons. The number of hydrogen-bond donors (Lipinski definition) is 0. The molecule has 0 aliphatic carbocycles. The zero-order valence-electron chi connectivity index (χ0n) is 12.5. The average molecular weight is 278 g/mol. The van der Waals surface area contributed by atoms with Crippen LogP contribution in [0.4, 0.5) is 4.79 Å². The summed E-state index contributed by atoms with van der Waals surface area (Å²) in [6.45, 7) is 8.77. The molecule has 5 heteroatoms. The molecule has 1 saturated heterocycles. The molecule has 1 aromatic heterocycles. The third-order valence-corrected chi connectivity index (χ3v) is 3.04. The number of ether oxygens (including phenoxy) is 2. The summed E-state index contributed by atoms with van der Waals surface area (Å²) >= 11 is 0. The van der Waals surface area contributed by atoms with Crippen molar-refractivity contribution < 1.29 is 14.3 Å². The van der Waals surface area contributed by atoms with Crippen molar-refractivity contribution in [3.05, 3.63) is 23.9 Å². The van der Waals surface area contributed by atoms with E-state index in [9.17, 15) is 4.79 Å². The van der Waals surface area contributed by atoms with Gasteiger partial charge in [0.2, 0.25) is 5.88 Å². The molecule has 1 unspecified atom stereocenters. The third kappa shape index (κ3) is 3.85. The van der Waals surface area contributed by atoms with Crippen LogP contribution in [0.15, 0.2) is 18.3 Å². The molecule has 1 amide bonds. The van der Waals surface area contributed by atoms with E-state index in [0.29, 0.717) is 19.0 Å². The van der Waals surface area contributed by atoms with Crippen molar-refractivity contribution >= 4 is 6.09 Å². The molecule has 0 N–H and O–H groups in total. The van der Waals surface area contributed by atoms with Gasteiger partial charge in [0.25, 0.3) is 0 Å². The summed E-state index contributed by atoms with van der Waals surface area (Å²) in [5, 5.41) is 0. The van der Waals surface area contributed by atoms with E-state index >= 15 is 0 Å². The number of hydrogen-bond acceptors (Lipinski definition) is 4. The smallest absolute Gasteiger partial charge is 0.410 e. The van der Waals surface area contributed by atoms with Gasteiger partial charge in [0.05, 0.1) is 6.54 Å². The van der Waals surface area contributed by atoms with E-state index in [-0.39, 0.29) is 12.2 Å². The van der Waals surface area contributed by atoms with Crippen LogP contribution in [-0.4, -0.2) is 40.8 Å². The number of pyridine rings is 1. The van der Waals surface area contributed by atoms with Crippen LogP contribution in [0.1, 0.15) is 32.8 Å². The van der Waals surface area contributed by atoms with Gasteiger partial charge in [-0.1, -0.05) is 6.07 Å². The number of nitrogens with zero attached hydrogens (tertiary/aromatic N) is 2. The van der Waals surface area contributed by atoms with E-state index in [2.05, 4.69) is 4.98 Å². The number of likely N-dealkylation sites (tertiary alicyclic amines) is 1. The minimum absolute atomic E-state index is 0.0175. The Kier molecular flexibility index (Phi) is 4.16. The summed E-state index contributed by atoms with van der Waals surface area (Å²) in [6, 6.07) is 3.84. The second-order valence-electron chi connectivity index (χ2n) is 6.08. The van der Waals surface area contributed by atoms with Gasteiger partial charge >= 0.3 is 6.09 Å². The maximum atomic E-state index is 12.0. The molecule has 20 heavy (non-hydrogen) atoms. The summed E-state index contributed by atoms with van der Waals surface area (Å²) in [5.74, 6) is 0.642. The van der Waals surface area contributed by atoms with Crippen molar-refractivity contribution in [2.24, 2.45) is 0 Å². The Bertz CT molecular complexity index is 482. The first-order valence-corrected chi connectivity index (χ1v) is 6.91. The van der Waals surface area contributed by atoms with Gasteiger partial charge in [-0.3, -0.25) is 0 Å². The zero-order valence-corrected chi connectivity index (χ0v) is 12.5. The van der Waals surface area contributed by atoms with Gasteiger partial charge in [-0.15, -0.1) is 0 Å². The topological polar surface area (TPSA) is 51.7 Å². The first-order chi connectivity index (χ1) is 9.35. The standard InChI is InChI=1S/C15H22N2O3/c1-11-6-5-8-16-13(11)19-12-7-9-17(10-12)14(18)20-15(2,3)4/h5-6,8,12H,7,9-10H2,1-4H3. The lowest BCUT2D eigenvalue weighted by atomic mass is 10.2. The molecule has 2 heterocycles. The van der Waals surface area contributed by atoms with E-state index in [1.54, 1.807) is 11.1 Å². The Morgan fingerprint density at radius 2 is 2.20 bits per heavy atom. The van der Waals surface area contributed by atoms with Crippen molar-refractivity contribution in [2.75, 3.05) is 13.1 Å². The summed E-state index contributed by atoms with van der Waals surface area (Å²) in [5.41, 5.74) is 0.538. The number of carbonyl (C=O) groups excluding carboxylic acids is 1. The normalized spacial score (nSPS) is 19.0. The van der Waals surface area contributed by atoms with E-state index in [0.717, 1.165) is 12.0 Å². The molecule has 1 aliphatic rings. The highest BCUT2D eigenvalue weighted by molar-refractivity contribution is 5.68. The zero-order chi connectivity index (χ0) is 14.8. The SMILES string of the molecule is Cc1cccnc1OC1CCN(C(=O)OC(C)(C)C)C1. The lowest BCUT2D eigenvalue weighted by Crippen LogP contribution is -2.36. The Morgan fingerprint density at radius 1 is 1.45 bits per heavy atom. The van der Waals surface area contributed by atoms with Gasteiger partial charge in [-0.25, -0.2) is 9.78 Å². The van der Waals surface area contributed by atoms with Crippen molar-refractivity contribution in [1.82, 2.24) is 9.88 Å². The predicted octanol–water partition coefficient (Wildman–Crippen LogP) is 2.78. The molecule has 0 saturated carbocycles. The van der Waals surface area contributed by atoms with E-state index in [4.69, 9.17) is 9.47 Å². The quantitative estimate of drug-likeness (QED) is 0.834. The van der Waals surface area contributed by atoms with Crippen LogP contribution in [0, 0.1) is 6.92 Å². The Morgan fingerprint density at radius 3 is 2.85 bits per heavy atom. The van der Waals surface area contributed by atoms with E-state index in [1.807, 2.05) is 39.8 Å². The van der Waals surface area contributed by atoms with Crippen molar-refractivity contribution in [3.63, 3.8) is 0 Å². The molecule has 1 aromatic rings. The van der Waals surface area contributed by atoms with Gasteiger partial charge in [0.15, 0.2) is 0 Å². The van der Waals surface area contributed by atoms with Crippen molar-refractivity contribution in [2.45, 2.75) is 45.8 Å². The molecule has 0 spiro atoms. The van der Waals surface area contributed by atoms with Gasteiger partial charge in [0, 0.05) is 24.7 Å². The Balaban J connectivity index is 1.90. The molecular formula is C15H22N2O3. The molecular weight excluding hydrogens is 256 g/mol. The molecule has 0 aromatic carbocycles. The fourth-order valence-electron chi connectivity index (χ4n) is 2.07. The summed E-state index contributed by atoms with van der Waals surface area (Å²) in [4.78, 5) is 17.9. The van der Waals surface area contributed by atoms with Crippen LogP contribution in [-0.2, 0) is 4.74 Å². The highest BCUT2D eigenvalue weighted by Gasteiger charge is 2.31. The molecule has 5 nitrogen and oxygen atoms in total. The number of aromatic nitrogens is 1. The van der Waals surface area contributed by atoms with Gasteiger partial charge < -0.3 is 14.4 Å². The average Bonchev–Trinajstić information content (AvgIpc) is 2.79. The second kappa shape index (κ2) is 5.69.